The van der Waals surface area contributed by atoms with E-state index < -0.39 is 10.8 Å². The van der Waals surface area contributed by atoms with Gasteiger partial charge in [0, 0.05) is 25.7 Å². The number of hydrogen-bond acceptors (Lipinski definition) is 4. The Labute approximate surface area is 81.4 Å². The van der Waals surface area contributed by atoms with E-state index in [1.165, 1.54) is 0 Å². The first-order valence-electron chi connectivity index (χ1n) is 3.42. The third kappa shape index (κ3) is 5.26. The van der Waals surface area contributed by atoms with Crippen LogP contribution in [0.25, 0.3) is 0 Å². The van der Waals surface area contributed by atoms with Gasteiger partial charge in [-0.15, -0.1) is 12.6 Å². The van der Waals surface area contributed by atoms with E-state index in [4.69, 9.17) is 0 Å². The van der Waals surface area contributed by atoms with Gasteiger partial charge in [0.05, 0.1) is 15.0 Å². The summed E-state index contributed by atoms with van der Waals surface area (Å²) in [6, 6.07) is 0. The summed E-state index contributed by atoms with van der Waals surface area (Å²) in [7, 11) is 0.792. The molecule has 1 atom stereocenters. The Morgan fingerprint density at radius 3 is 2.67 bits per heavy atom. The predicted octanol–water partition coefficient (Wildman–Crippen LogP) is 1.06. The van der Waals surface area contributed by atoms with E-state index in [1.807, 2.05) is 20.0 Å². The Morgan fingerprint density at radius 1 is 1.67 bits per heavy atom. The number of thiol groups is 1. The largest absolute Gasteiger partial charge is 0.307 e. The first kappa shape index (κ1) is 11.6. The molecule has 0 amide bonds. The van der Waals surface area contributed by atoms with E-state index in [1.54, 1.807) is 23.7 Å². The van der Waals surface area contributed by atoms with Crippen molar-refractivity contribution in [3.8, 4) is 0 Å². The van der Waals surface area contributed by atoms with Crippen LogP contribution in [0.2, 0.25) is 0 Å². The van der Waals surface area contributed by atoms with Gasteiger partial charge in [-0.25, -0.2) is 0 Å². The zero-order chi connectivity index (χ0) is 9.56. The van der Waals surface area contributed by atoms with Crippen molar-refractivity contribution in [3.05, 3.63) is 22.7 Å². The summed E-state index contributed by atoms with van der Waals surface area (Å²) in [6.45, 7) is 1.91. The number of hydrazine groups is 1. The highest BCUT2D eigenvalue weighted by Crippen LogP contribution is 2.04. The smallest absolute Gasteiger partial charge is 0.0861 e. The minimum atomic E-state index is -1.02. The van der Waals surface area contributed by atoms with Gasteiger partial charge >= 0.3 is 0 Å². The van der Waals surface area contributed by atoms with Gasteiger partial charge in [-0.2, -0.15) is 0 Å². The van der Waals surface area contributed by atoms with Crippen molar-refractivity contribution in [2.24, 2.45) is 0 Å². The van der Waals surface area contributed by atoms with Gasteiger partial charge in [0.15, 0.2) is 0 Å². The van der Waals surface area contributed by atoms with Crippen molar-refractivity contribution in [2.45, 2.75) is 6.92 Å². The number of rotatable bonds is 4. The fourth-order valence-corrected chi connectivity index (χ4v) is 0.949. The van der Waals surface area contributed by atoms with Crippen molar-refractivity contribution < 1.29 is 4.21 Å². The van der Waals surface area contributed by atoms with Gasteiger partial charge in [-0.05, 0) is 6.92 Å². The number of nitrogens with zero attached hydrogens (tertiary/aromatic N) is 1. The summed E-state index contributed by atoms with van der Waals surface area (Å²) in [5.41, 5.74) is 2.91. The minimum absolute atomic E-state index is 0.537. The molecule has 0 aliphatic rings. The average molecular weight is 206 g/mol. The molecular formula is C7H14N2OS2. The lowest BCUT2D eigenvalue weighted by molar-refractivity contribution is 0.387. The SMILES string of the molecule is C/C=C\NN(C)/C=C(\S)S(C)=O. The highest BCUT2D eigenvalue weighted by Gasteiger charge is 1.95. The van der Waals surface area contributed by atoms with Crippen LogP contribution in [0.1, 0.15) is 6.92 Å². The monoisotopic (exact) mass is 206 g/mol. The zero-order valence-corrected chi connectivity index (χ0v) is 9.15. The van der Waals surface area contributed by atoms with E-state index in [9.17, 15) is 4.21 Å². The van der Waals surface area contributed by atoms with Gasteiger partial charge in [0.25, 0.3) is 0 Å². The Balaban J connectivity index is 4.04. The fourth-order valence-electron chi connectivity index (χ4n) is 0.469. The quantitative estimate of drug-likeness (QED) is 0.533. The summed E-state index contributed by atoms with van der Waals surface area (Å²) in [6.07, 6.45) is 6.89. The van der Waals surface area contributed by atoms with Crippen LogP contribution in [0.4, 0.5) is 0 Å². The highest BCUT2D eigenvalue weighted by atomic mass is 32.2. The van der Waals surface area contributed by atoms with Gasteiger partial charge in [0.1, 0.15) is 0 Å². The zero-order valence-electron chi connectivity index (χ0n) is 7.44. The molecule has 0 saturated heterocycles. The molecule has 0 rings (SSSR count). The van der Waals surface area contributed by atoms with Gasteiger partial charge < -0.3 is 5.43 Å². The lowest BCUT2D eigenvalue weighted by atomic mass is 10.7. The Kier molecular flexibility index (Phi) is 5.92. The van der Waals surface area contributed by atoms with Crippen LogP contribution in [0.15, 0.2) is 22.7 Å². The summed E-state index contributed by atoms with van der Waals surface area (Å²) in [4.78, 5) is 0. The molecule has 0 heterocycles. The second-order valence-corrected chi connectivity index (χ2v) is 4.29. The lowest BCUT2D eigenvalue weighted by Crippen LogP contribution is -2.24. The van der Waals surface area contributed by atoms with Crippen LogP contribution >= 0.6 is 12.6 Å². The molecule has 0 spiro atoms. The van der Waals surface area contributed by atoms with Crippen LogP contribution in [0, 0.1) is 0 Å². The van der Waals surface area contributed by atoms with Crippen molar-refractivity contribution in [1.82, 2.24) is 10.4 Å². The van der Waals surface area contributed by atoms with E-state index >= 15 is 0 Å². The Bertz CT molecular complexity index is 213. The summed E-state index contributed by atoms with van der Waals surface area (Å²) in [5.74, 6) is 0. The van der Waals surface area contributed by atoms with Crippen molar-refractivity contribution >= 4 is 23.4 Å². The van der Waals surface area contributed by atoms with E-state index in [0.29, 0.717) is 4.24 Å². The van der Waals surface area contributed by atoms with E-state index in [2.05, 4.69) is 18.1 Å². The topological polar surface area (TPSA) is 32.3 Å². The second kappa shape index (κ2) is 6.14. The molecule has 0 aliphatic heterocycles. The number of nitrogens with one attached hydrogen (secondary N) is 1. The number of hydrogen-bond donors (Lipinski definition) is 2. The molecule has 0 aliphatic carbocycles. The molecule has 12 heavy (non-hydrogen) atoms. The van der Waals surface area contributed by atoms with Crippen LogP contribution < -0.4 is 5.43 Å². The second-order valence-electron chi connectivity index (χ2n) is 2.16. The molecule has 0 aromatic carbocycles. The van der Waals surface area contributed by atoms with Gasteiger partial charge in [-0.1, -0.05) is 6.08 Å². The average Bonchev–Trinajstić information content (AvgIpc) is 2.00. The maximum atomic E-state index is 10.8. The molecule has 70 valence electrons. The Hall–Kier alpha value is -0.420. The summed E-state index contributed by atoms with van der Waals surface area (Å²) >= 11 is 4.04. The van der Waals surface area contributed by atoms with Gasteiger partial charge in [-0.3, -0.25) is 9.22 Å². The van der Waals surface area contributed by atoms with Crippen LogP contribution in [-0.2, 0) is 10.8 Å². The molecular weight excluding hydrogens is 192 g/mol. The molecule has 0 saturated carbocycles. The molecule has 0 aromatic rings. The van der Waals surface area contributed by atoms with E-state index in [-0.39, 0.29) is 0 Å². The summed E-state index contributed by atoms with van der Waals surface area (Å²) in [5, 5.41) is 1.68. The van der Waals surface area contributed by atoms with Crippen molar-refractivity contribution in [2.75, 3.05) is 13.3 Å². The molecule has 0 radical (unpaired) electrons. The van der Waals surface area contributed by atoms with Crippen LogP contribution in [-0.4, -0.2) is 22.5 Å². The first-order valence-corrected chi connectivity index (χ1v) is 5.42. The molecule has 3 nitrogen and oxygen atoms in total. The van der Waals surface area contributed by atoms with Gasteiger partial charge in [0.2, 0.25) is 0 Å². The molecule has 5 heteroatoms. The third-order valence-electron chi connectivity index (χ3n) is 1.04. The molecule has 0 bridgehead atoms. The standard InChI is InChI=1S/C7H14N2OS2/c1-4-5-8-9(2)6-7(11)12(3)10/h4-6,8,11H,1-3H3/b5-4-,7-6+. The molecule has 0 aromatic heterocycles. The molecule has 0 fully saturated rings. The van der Waals surface area contributed by atoms with Crippen LogP contribution in [0.3, 0.4) is 0 Å². The van der Waals surface area contributed by atoms with E-state index in [0.717, 1.165) is 0 Å². The Morgan fingerprint density at radius 2 is 2.25 bits per heavy atom. The third-order valence-corrected chi connectivity index (χ3v) is 2.62. The first-order chi connectivity index (χ1) is 5.57. The lowest BCUT2D eigenvalue weighted by Gasteiger charge is -2.13. The maximum absolute atomic E-state index is 10.8. The normalized spacial score (nSPS) is 14.8. The number of allylic oxidation sites excluding steroid dienone is 1. The predicted molar refractivity (Wildman–Crippen MR) is 56.8 cm³/mol. The maximum Gasteiger partial charge on any atom is 0.0861 e. The minimum Gasteiger partial charge on any atom is -0.307 e. The molecule has 1 N–H and O–H groups in total. The summed E-state index contributed by atoms with van der Waals surface area (Å²) < 4.78 is 11.4. The fraction of sp³-hybridized carbons (Fsp3) is 0.429. The molecule has 1 unspecified atom stereocenters. The van der Waals surface area contributed by atoms with Crippen molar-refractivity contribution in [1.29, 1.82) is 0 Å². The highest BCUT2D eigenvalue weighted by molar-refractivity contribution is 8.06. The van der Waals surface area contributed by atoms with Crippen LogP contribution in [0.5, 0.6) is 0 Å². The van der Waals surface area contributed by atoms with Crippen molar-refractivity contribution in [3.63, 3.8) is 0 Å².